The van der Waals surface area contributed by atoms with Crippen molar-refractivity contribution in [1.29, 1.82) is 0 Å². The number of aromatic nitrogens is 1. The molecule has 0 bridgehead atoms. The first-order valence-corrected chi connectivity index (χ1v) is 3.97. The summed E-state index contributed by atoms with van der Waals surface area (Å²) in [5.41, 5.74) is 0.776. The molecule has 1 aliphatic rings. The molecule has 1 fully saturated rings. The maximum Gasteiger partial charge on any atom is 0.338 e. The van der Waals surface area contributed by atoms with Crippen molar-refractivity contribution in [3.63, 3.8) is 0 Å². The summed E-state index contributed by atoms with van der Waals surface area (Å²) >= 11 is 0. The third kappa shape index (κ3) is 1.53. The van der Waals surface area contributed by atoms with Gasteiger partial charge in [0.2, 0.25) is 0 Å². The van der Waals surface area contributed by atoms with Crippen molar-refractivity contribution in [1.82, 2.24) is 4.98 Å². The first kappa shape index (κ1) is 8.19. The van der Waals surface area contributed by atoms with E-state index in [-0.39, 0.29) is 12.1 Å². The zero-order valence-corrected chi connectivity index (χ0v) is 7.14. The van der Waals surface area contributed by atoms with Crippen LogP contribution < -0.4 is 0 Å². The number of carbonyl (C=O) groups is 1. The molecule has 1 aliphatic heterocycles. The summed E-state index contributed by atoms with van der Waals surface area (Å²) < 4.78 is 9.65. The number of ether oxygens (including phenoxy) is 2. The minimum atomic E-state index is -0.458. The summed E-state index contributed by atoms with van der Waals surface area (Å²) in [5.74, 6) is -0.337. The van der Waals surface area contributed by atoms with Crippen LogP contribution in [0.25, 0.3) is 0 Å². The van der Waals surface area contributed by atoms with E-state index >= 15 is 0 Å². The third-order valence-electron chi connectivity index (χ3n) is 1.90. The number of pyridine rings is 1. The van der Waals surface area contributed by atoms with Crippen LogP contribution in [0.3, 0.4) is 0 Å². The van der Waals surface area contributed by atoms with Gasteiger partial charge in [-0.3, -0.25) is 4.98 Å². The van der Waals surface area contributed by atoms with E-state index in [0.717, 1.165) is 5.69 Å². The molecule has 68 valence electrons. The lowest BCUT2D eigenvalue weighted by Gasteiger charge is -1.93. The molecule has 0 N–H and O–H groups in total. The summed E-state index contributed by atoms with van der Waals surface area (Å²) in [6, 6.07) is 5.50. The standard InChI is InChI=1S/C9H9NO3/c1-12-9(11)8-7(13-8)6-4-2-3-5-10-6/h2-5,7-8H,1H3/t7-,8-/m1/s1. The largest absolute Gasteiger partial charge is 0.467 e. The maximum atomic E-state index is 11.0. The average molecular weight is 179 g/mol. The highest BCUT2D eigenvalue weighted by atomic mass is 16.6. The van der Waals surface area contributed by atoms with Crippen LogP contribution in [0.2, 0.25) is 0 Å². The van der Waals surface area contributed by atoms with Gasteiger partial charge in [0.05, 0.1) is 12.8 Å². The van der Waals surface area contributed by atoms with Gasteiger partial charge in [-0.15, -0.1) is 0 Å². The zero-order valence-electron chi connectivity index (χ0n) is 7.14. The lowest BCUT2D eigenvalue weighted by atomic mass is 10.2. The van der Waals surface area contributed by atoms with Gasteiger partial charge in [-0.2, -0.15) is 0 Å². The number of rotatable bonds is 2. The Morgan fingerprint density at radius 2 is 2.46 bits per heavy atom. The number of epoxide rings is 1. The van der Waals surface area contributed by atoms with Crippen LogP contribution in [-0.4, -0.2) is 24.2 Å². The predicted octanol–water partition coefficient (Wildman–Crippen LogP) is 0.694. The van der Waals surface area contributed by atoms with E-state index in [1.807, 2.05) is 18.2 Å². The molecule has 4 heteroatoms. The molecule has 0 saturated carbocycles. The second-order valence-electron chi connectivity index (χ2n) is 2.76. The molecule has 2 atom stereocenters. The van der Waals surface area contributed by atoms with Gasteiger partial charge in [-0.1, -0.05) is 6.07 Å². The summed E-state index contributed by atoms with van der Waals surface area (Å²) in [6.45, 7) is 0. The van der Waals surface area contributed by atoms with Crippen molar-refractivity contribution in [3.8, 4) is 0 Å². The molecule has 0 aliphatic carbocycles. The molecule has 1 saturated heterocycles. The molecule has 0 unspecified atom stereocenters. The molecule has 2 heterocycles. The molecule has 1 aromatic heterocycles. The van der Waals surface area contributed by atoms with Crippen molar-refractivity contribution >= 4 is 5.97 Å². The Morgan fingerprint density at radius 3 is 3.08 bits per heavy atom. The van der Waals surface area contributed by atoms with Gasteiger partial charge in [0.25, 0.3) is 0 Å². The summed E-state index contributed by atoms with van der Waals surface area (Å²) in [7, 11) is 1.35. The Kier molecular flexibility index (Phi) is 1.98. The van der Waals surface area contributed by atoms with Crippen molar-refractivity contribution in [3.05, 3.63) is 30.1 Å². The highest BCUT2D eigenvalue weighted by molar-refractivity contribution is 5.78. The van der Waals surface area contributed by atoms with E-state index in [1.165, 1.54) is 7.11 Å². The number of hydrogen-bond donors (Lipinski definition) is 0. The lowest BCUT2D eigenvalue weighted by Crippen LogP contribution is -2.09. The molecular weight excluding hydrogens is 170 g/mol. The first-order valence-electron chi connectivity index (χ1n) is 3.97. The average Bonchev–Trinajstić information content (AvgIpc) is 2.98. The zero-order chi connectivity index (χ0) is 9.26. The van der Waals surface area contributed by atoms with E-state index < -0.39 is 6.10 Å². The topological polar surface area (TPSA) is 51.7 Å². The number of nitrogens with zero attached hydrogens (tertiary/aromatic N) is 1. The lowest BCUT2D eigenvalue weighted by molar-refractivity contribution is -0.142. The van der Waals surface area contributed by atoms with E-state index in [2.05, 4.69) is 9.72 Å². The fraction of sp³-hybridized carbons (Fsp3) is 0.333. The van der Waals surface area contributed by atoms with Gasteiger partial charge in [-0.05, 0) is 12.1 Å². The van der Waals surface area contributed by atoms with Crippen LogP contribution in [-0.2, 0) is 14.3 Å². The van der Waals surface area contributed by atoms with Gasteiger partial charge >= 0.3 is 5.97 Å². The fourth-order valence-electron chi connectivity index (χ4n) is 1.18. The van der Waals surface area contributed by atoms with E-state index in [0.29, 0.717) is 0 Å². The molecule has 1 aromatic rings. The van der Waals surface area contributed by atoms with Crippen LogP contribution >= 0.6 is 0 Å². The minimum absolute atomic E-state index is 0.214. The number of carbonyl (C=O) groups excluding carboxylic acids is 1. The smallest absolute Gasteiger partial charge is 0.338 e. The molecule has 0 amide bonds. The Hall–Kier alpha value is -1.42. The summed E-state index contributed by atoms with van der Waals surface area (Å²) in [5, 5.41) is 0. The molecule has 2 rings (SSSR count). The normalized spacial score (nSPS) is 25.3. The van der Waals surface area contributed by atoms with Gasteiger partial charge in [-0.25, -0.2) is 4.79 Å². The highest BCUT2D eigenvalue weighted by Gasteiger charge is 2.48. The number of esters is 1. The minimum Gasteiger partial charge on any atom is -0.467 e. The van der Waals surface area contributed by atoms with Gasteiger partial charge in [0.15, 0.2) is 6.10 Å². The Balaban J connectivity index is 2.04. The van der Waals surface area contributed by atoms with E-state index in [4.69, 9.17) is 4.74 Å². The van der Waals surface area contributed by atoms with Crippen LogP contribution in [0.5, 0.6) is 0 Å². The molecular formula is C9H9NO3. The molecule has 0 radical (unpaired) electrons. The van der Waals surface area contributed by atoms with E-state index in [1.54, 1.807) is 6.20 Å². The summed E-state index contributed by atoms with van der Waals surface area (Å²) in [6.07, 6.45) is 0.999. The highest BCUT2D eigenvalue weighted by Crippen LogP contribution is 2.37. The predicted molar refractivity (Wildman–Crippen MR) is 43.9 cm³/mol. The Labute approximate surface area is 75.5 Å². The van der Waals surface area contributed by atoms with Gasteiger partial charge < -0.3 is 9.47 Å². The van der Waals surface area contributed by atoms with Crippen molar-refractivity contribution in [2.45, 2.75) is 12.2 Å². The first-order chi connectivity index (χ1) is 6.33. The van der Waals surface area contributed by atoms with Crippen LogP contribution in [0.4, 0.5) is 0 Å². The van der Waals surface area contributed by atoms with Crippen molar-refractivity contribution in [2.24, 2.45) is 0 Å². The second-order valence-corrected chi connectivity index (χ2v) is 2.76. The van der Waals surface area contributed by atoms with Crippen LogP contribution in [0.1, 0.15) is 11.8 Å². The SMILES string of the molecule is COC(=O)[C@@H]1O[C@@H]1c1ccccn1. The quantitative estimate of drug-likeness (QED) is 0.495. The summed E-state index contributed by atoms with van der Waals surface area (Å²) in [4.78, 5) is 15.1. The van der Waals surface area contributed by atoms with Crippen molar-refractivity contribution < 1.29 is 14.3 Å². The third-order valence-corrected chi connectivity index (χ3v) is 1.90. The molecule has 4 nitrogen and oxygen atoms in total. The molecule has 0 aromatic carbocycles. The second kappa shape index (κ2) is 3.14. The maximum absolute atomic E-state index is 11.0. The number of hydrogen-bond acceptors (Lipinski definition) is 4. The number of methoxy groups -OCH3 is 1. The fourth-order valence-corrected chi connectivity index (χ4v) is 1.18. The van der Waals surface area contributed by atoms with Gasteiger partial charge in [0.1, 0.15) is 6.10 Å². The molecule has 13 heavy (non-hydrogen) atoms. The van der Waals surface area contributed by atoms with Crippen LogP contribution in [0.15, 0.2) is 24.4 Å². The Morgan fingerprint density at radius 1 is 1.62 bits per heavy atom. The van der Waals surface area contributed by atoms with Crippen LogP contribution in [0, 0.1) is 0 Å². The van der Waals surface area contributed by atoms with Gasteiger partial charge in [0, 0.05) is 6.20 Å². The molecule has 0 spiro atoms. The van der Waals surface area contributed by atoms with E-state index in [9.17, 15) is 4.79 Å². The Bertz CT molecular complexity index is 312. The van der Waals surface area contributed by atoms with Crippen molar-refractivity contribution in [2.75, 3.05) is 7.11 Å². The monoisotopic (exact) mass is 179 g/mol.